The van der Waals surface area contributed by atoms with Gasteiger partial charge in [0.15, 0.2) is 0 Å². The highest BCUT2D eigenvalue weighted by Gasteiger charge is 2.17. The number of aliphatic hydroxyl groups is 1. The van der Waals surface area contributed by atoms with Gasteiger partial charge in [-0.3, -0.25) is 4.79 Å². The van der Waals surface area contributed by atoms with E-state index in [2.05, 4.69) is 11.4 Å². The topological polar surface area (TPSA) is 49.3 Å². The van der Waals surface area contributed by atoms with E-state index in [1.54, 1.807) is 6.92 Å². The van der Waals surface area contributed by atoms with E-state index in [4.69, 9.17) is 0 Å². The molecule has 0 aliphatic carbocycles. The first-order chi connectivity index (χ1) is 9.52. The molecule has 0 aromatic rings. The second kappa shape index (κ2) is 11.2. The highest BCUT2D eigenvalue weighted by atomic mass is 16.3. The van der Waals surface area contributed by atoms with E-state index >= 15 is 0 Å². The number of hydrogen-bond donors (Lipinski definition) is 2. The van der Waals surface area contributed by atoms with Gasteiger partial charge in [0.1, 0.15) is 0 Å². The van der Waals surface area contributed by atoms with Crippen LogP contribution in [0.1, 0.15) is 40.0 Å². The summed E-state index contributed by atoms with van der Waals surface area (Å²) >= 11 is 0. The molecule has 0 heterocycles. The van der Waals surface area contributed by atoms with Gasteiger partial charge in [0.25, 0.3) is 0 Å². The van der Waals surface area contributed by atoms with Crippen molar-refractivity contribution in [2.45, 2.75) is 45.6 Å². The lowest BCUT2D eigenvalue weighted by Gasteiger charge is -2.20. The Balaban J connectivity index is 3.77. The van der Waals surface area contributed by atoms with Crippen LogP contribution in [0.5, 0.6) is 0 Å². The van der Waals surface area contributed by atoms with Gasteiger partial charge in [-0.2, -0.15) is 0 Å². The number of amides is 1. The smallest absolute Gasteiger partial charge is 0.243 e. The Hall–Kier alpha value is -1.61. The molecule has 3 heteroatoms. The molecule has 0 aliphatic heterocycles. The average Bonchev–Trinajstić information content (AvgIpc) is 2.43. The second-order valence-electron chi connectivity index (χ2n) is 4.89. The number of rotatable bonds is 9. The monoisotopic (exact) mass is 277 g/mol. The van der Waals surface area contributed by atoms with Crippen molar-refractivity contribution in [2.75, 3.05) is 6.54 Å². The average molecular weight is 277 g/mol. The summed E-state index contributed by atoms with van der Waals surface area (Å²) in [5.41, 5.74) is -0.828. The molecule has 0 saturated heterocycles. The fourth-order valence-corrected chi connectivity index (χ4v) is 1.26. The Morgan fingerprint density at radius 2 is 1.80 bits per heavy atom. The molecule has 0 aromatic carbocycles. The standard InChI is InChI=1S/C17H27NO2/c1-4-6-7-8-9-10-11-12-13-14-16(19)18-15-17(3,20)5-2/h4,6-10,13-14,20H,5,11-12,15H2,1-3H3,(H,18,19). The minimum atomic E-state index is -0.828. The number of carbonyl (C=O) groups is 1. The summed E-state index contributed by atoms with van der Waals surface area (Å²) in [6.07, 6.45) is 17.6. The summed E-state index contributed by atoms with van der Waals surface area (Å²) in [6, 6.07) is 0. The van der Waals surface area contributed by atoms with Crippen LogP contribution in [0.2, 0.25) is 0 Å². The van der Waals surface area contributed by atoms with Gasteiger partial charge < -0.3 is 10.4 Å². The third-order valence-corrected chi connectivity index (χ3v) is 2.84. The number of allylic oxidation sites excluding steroid dienone is 7. The van der Waals surface area contributed by atoms with Crippen LogP contribution in [0.3, 0.4) is 0 Å². The highest BCUT2D eigenvalue weighted by molar-refractivity contribution is 5.87. The van der Waals surface area contributed by atoms with Gasteiger partial charge in [0, 0.05) is 6.54 Å². The molecule has 1 amide bonds. The molecule has 0 spiro atoms. The van der Waals surface area contributed by atoms with Crippen LogP contribution in [0.25, 0.3) is 0 Å². The molecule has 0 aromatic heterocycles. The van der Waals surface area contributed by atoms with E-state index in [-0.39, 0.29) is 12.5 Å². The van der Waals surface area contributed by atoms with Crippen molar-refractivity contribution in [1.29, 1.82) is 0 Å². The molecule has 1 unspecified atom stereocenters. The predicted octanol–water partition coefficient (Wildman–Crippen LogP) is 3.29. The maximum absolute atomic E-state index is 11.5. The van der Waals surface area contributed by atoms with Crippen LogP contribution >= 0.6 is 0 Å². The molecule has 112 valence electrons. The summed E-state index contributed by atoms with van der Waals surface area (Å²) in [6.45, 7) is 5.86. The summed E-state index contributed by atoms with van der Waals surface area (Å²) in [5.74, 6) is -0.157. The van der Waals surface area contributed by atoms with Crippen molar-refractivity contribution < 1.29 is 9.90 Å². The van der Waals surface area contributed by atoms with Crippen LogP contribution in [0.4, 0.5) is 0 Å². The Labute approximate surface area is 122 Å². The molecule has 1 atom stereocenters. The van der Waals surface area contributed by atoms with Gasteiger partial charge in [-0.25, -0.2) is 0 Å². The molecule has 20 heavy (non-hydrogen) atoms. The minimum Gasteiger partial charge on any atom is -0.388 e. The number of nitrogens with one attached hydrogen (secondary N) is 1. The predicted molar refractivity (Wildman–Crippen MR) is 85.4 cm³/mol. The summed E-state index contributed by atoms with van der Waals surface area (Å²) in [7, 11) is 0. The third-order valence-electron chi connectivity index (χ3n) is 2.84. The lowest BCUT2D eigenvalue weighted by Crippen LogP contribution is -2.39. The maximum Gasteiger partial charge on any atom is 0.243 e. The quantitative estimate of drug-likeness (QED) is 0.386. The third kappa shape index (κ3) is 11.5. The SMILES string of the molecule is CC=CC=CC=CCCC=CC(=O)NCC(C)(O)CC. The first-order valence-electron chi connectivity index (χ1n) is 7.13. The first-order valence-corrected chi connectivity index (χ1v) is 7.13. The molecule has 0 aliphatic rings. The Bertz CT molecular complexity index is 376. The maximum atomic E-state index is 11.5. The van der Waals surface area contributed by atoms with Crippen molar-refractivity contribution in [1.82, 2.24) is 5.32 Å². The summed E-state index contributed by atoms with van der Waals surface area (Å²) in [5, 5.41) is 12.4. The molecule has 3 nitrogen and oxygen atoms in total. The van der Waals surface area contributed by atoms with Gasteiger partial charge in [0.2, 0.25) is 5.91 Å². The van der Waals surface area contributed by atoms with E-state index in [9.17, 15) is 9.90 Å². The zero-order valence-electron chi connectivity index (χ0n) is 12.8. The van der Waals surface area contributed by atoms with Crippen LogP contribution < -0.4 is 5.32 Å². The molecule has 0 bridgehead atoms. The Morgan fingerprint density at radius 1 is 1.15 bits per heavy atom. The zero-order chi connectivity index (χ0) is 15.3. The molecule has 2 N–H and O–H groups in total. The van der Waals surface area contributed by atoms with Crippen molar-refractivity contribution in [2.24, 2.45) is 0 Å². The van der Waals surface area contributed by atoms with Gasteiger partial charge in [-0.15, -0.1) is 0 Å². The van der Waals surface area contributed by atoms with Crippen molar-refractivity contribution in [3.8, 4) is 0 Å². The van der Waals surface area contributed by atoms with E-state index in [1.807, 2.05) is 50.3 Å². The molecule has 0 rings (SSSR count). The molecular formula is C17H27NO2. The zero-order valence-corrected chi connectivity index (χ0v) is 12.8. The van der Waals surface area contributed by atoms with Crippen LogP contribution in [0.15, 0.2) is 48.6 Å². The number of unbranched alkanes of at least 4 members (excludes halogenated alkanes) is 1. The van der Waals surface area contributed by atoms with E-state index in [1.165, 1.54) is 6.08 Å². The fourth-order valence-electron chi connectivity index (χ4n) is 1.26. The lowest BCUT2D eigenvalue weighted by molar-refractivity contribution is -0.117. The van der Waals surface area contributed by atoms with Crippen LogP contribution in [-0.4, -0.2) is 23.2 Å². The normalized spacial score (nSPS) is 15.6. The van der Waals surface area contributed by atoms with Crippen LogP contribution in [-0.2, 0) is 4.79 Å². The van der Waals surface area contributed by atoms with Crippen LogP contribution in [0, 0.1) is 0 Å². The number of hydrogen-bond acceptors (Lipinski definition) is 2. The second-order valence-corrected chi connectivity index (χ2v) is 4.89. The molecule has 0 saturated carbocycles. The minimum absolute atomic E-state index is 0.157. The van der Waals surface area contributed by atoms with E-state index in [0.717, 1.165) is 12.8 Å². The molecule has 0 fully saturated rings. The summed E-state index contributed by atoms with van der Waals surface area (Å²) in [4.78, 5) is 11.5. The lowest BCUT2D eigenvalue weighted by atomic mass is 10.0. The van der Waals surface area contributed by atoms with Crippen molar-refractivity contribution >= 4 is 5.91 Å². The van der Waals surface area contributed by atoms with E-state index in [0.29, 0.717) is 6.42 Å². The van der Waals surface area contributed by atoms with Crippen molar-refractivity contribution in [3.63, 3.8) is 0 Å². The number of carbonyl (C=O) groups excluding carboxylic acids is 1. The Morgan fingerprint density at radius 3 is 2.45 bits per heavy atom. The molecule has 0 radical (unpaired) electrons. The van der Waals surface area contributed by atoms with Crippen molar-refractivity contribution in [3.05, 3.63) is 48.6 Å². The van der Waals surface area contributed by atoms with Gasteiger partial charge in [-0.1, -0.05) is 49.5 Å². The Kier molecular flexibility index (Phi) is 10.3. The first kappa shape index (κ1) is 18.4. The fraction of sp³-hybridized carbons (Fsp3) is 0.471. The summed E-state index contributed by atoms with van der Waals surface area (Å²) < 4.78 is 0. The van der Waals surface area contributed by atoms with E-state index < -0.39 is 5.60 Å². The van der Waals surface area contributed by atoms with Gasteiger partial charge >= 0.3 is 0 Å². The van der Waals surface area contributed by atoms with Gasteiger partial charge in [0.05, 0.1) is 5.60 Å². The highest BCUT2D eigenvalue weighted by Crippen LogP contribution is 2.05. The largest absolute Gasteiger partial charge is 0.388 e. The molecular weight excluding hydrogens is 250 g/mol. The van der Waals surface area contributed by atoms with Gasteiger partial charge in [-0.05, 0) is 39.2 Å².